The van der Waals surface area contributed by atoms with Crippen LogP contribution in [0.15, 0.2) is 54.6 Å². The zero-order valence-electron chi connectivity index (χ0n) is 18.7. The number of carbonyl (C=O) groups is 4. The summed E-state index contributed by atoms with van der Waals surface area (Å²) < 4.78 is 5.12. The molecule has 172 valence electrons. The maximum absolute atomic E-state index is 13.9. The molecular weight excluding hydrogens is 422 g/mol. The molecule has 0 unspecified atom stereocenters. The third kappa shape index (κ3) is 4.74. The molecule has 0 spiro atoms. The second-order valence-corrected chi connectivity index (χ2v) is 8.57. The van der Waals surface area contributed by atoms with Gasteiger partial charge in [0.2, 0.25) is 5.91 Å². The lowest BCUT2D eigenvalue weighted by molar-refractivity contribution is -0.148. The molecule has 0 saturated carbocycles. The van der Waals surface area contributed by atoms with E-state index in [1.165, 1.54) is 9.80 Å². The van der Waals surface area contributed by atoms with Crippen LogP contribution in [0.5, 0.6) is 0 Å². The summed E-state index contributed by atoms with van der Waals surface area (Å²) in [4.78, 5) is 53.9. The monoisotopic (exact) mass is 449 g/mol. The van der Waals surface area contributed by atoms with E-state index in [4.69, 9.17) is 4.74 Å². The van der Waals surface area contributed by atoms with Crippen molar-refractivity contribution in [1.29, 1.82) is 0 Å². The Hall–Kier alpha value is -3.68. The summed E-state index contributed by atoms with van der Waals surface area (Å²) in [7, 11) is 3.27. The molecule has 3 amide bonds. The van der Waals surface area contributed by atoms with Gasteiger partial charge in [0.15, 0.2) is 6.10 Å². The summed E-state index contributed by atoms with van der Waals surface area (Å²) in [5.74, 6) is -1.88. The number of nitrogens with zero attached hydrogens (tertiary/aromatic N) is 2. The fourth-order valence-electron chi connectivity index (χ4n) is 4.33. The number of rotatable bonds is 5. The molecule has 1 N–H and O–H groups in total. The van der Waals surface area contributed by atoms with Crippen molar-refractivity contribution in [2.45, 2.75) is 37.3 Å². The lowest BCUT2D eigenvalue weighted by Crippen LogP contribution is -2.54. The Morgan fingerprint density at radius 1 is 1.06 bits per heavy atom. The number of fused-ring (bicyclic) bond motifs is 1. The van der Waals surface area contributed by atoms with Crippen molar-refractivity contribution in [3.8, 4) is 0 Å². The van der Waals surface area contributed by atoms with Crippen molar-refractivity contribution in [2.24, 2.45) is 0 Å². The van der Waals surface area contributed by atoms with E-state index in [0.29, 0.717) is 12.1 Å². The molecule has 2 aromatic rings. The fourth-order valence-corrected chi connectivity index (χ4v) is 4.33. The fraction of sp³-hybridized carbons (Fsp3) is 0.360. The number of cyclic esters (lactones) is 1. The molecule has 8 heteroatoms. The van der Waals surface area contributed by atoms with Crippen LogP contribution in [0, 0.1) is 0 Å². The molecular formula is C25H27N3O5. The Kier molecular flexibility index (Phi) is 6.44. The predicted octanol–water partition coefficient (Wildman–Crippen LogP) is 1.64. The predicted molar refractivity (Wildman–Crippen MR) is 121 cm³/mol. The molecule has 1 saturated heterocycles. The maximum Gasteiger partial charge on any atom is 0.306 e. The van der Waals surface area contributed by atoms with Crippen LogP contribution >= 0.6 is 0 Å². The van der Waals surface area contributed by atoms with E-state index in [-0.39, 0.29) is 37.1 Å². The first kappa shape index (κ1) is 22.5. The van der Waals surface area contributed by atoms with Crippen LogP contribution in [0.4, 0.5) is 5.69 Å². The van der Waals surface area contributed by atoms with E-state index in [2.05, 4.69) is 5.32 Å². The van der Waals surface area contributed by atoms with Crippen LogP contribution in [-0.4, -0.2) is 61.4 Å². The van der Waals surface area contributed by atoms with Crippen molar-refractivity contribution < 1.29 is 23.9 Å². The molecule has 3 atom stereocenters. The minimum Gasteiger partial charge on any atom is -0.452 e. The van der Waals surface area contributed by atoms with E-state index in [0.717, 1.165) is 11.1 Å². The van der Waals surface area contributed by atoms with Gasteiger partial charge in [-0.25, -0.2) is 0 Å². The molecule has 8 nitrogen and oxygen atoms in total. The Morgan fingerprint density at radius 2 is 1.76 bits per heavy atom. The number of carbonyl (C=O) groups excluding carboxylic acids is 4. The second kappa shape index (κ2) is 9.44. The minimum absolute atomic E-state index is 0.144. The Labute approximate surface area is 192 Å². The molecule has 0 aromatic heterocycles. The van der Waals surface area contributed by atoms with Gasteiger partial charge in [0, 0.05) is 38.5 Å². The van der Waals surface area contributed by atoms with Crippen molar-refractivity contribution >= 4 is 29.4 Å². The van der Waals surface area contributed by atoms with Crippen LogP contribution in [0.2, 0.25) is 0 Å². The highest BCUT2D eigenvalue weighted by Crippen LogP contribution is 2.35. The van der Waals surface area contributed by atoms with Gasteiger partial charge in [-0.1, -0.05) is 48.5 Å². The first-order chi connectivity index (χ1) is 15.8. The summed E-state index contributed by atoms with van der Waals surface area (Å²) >= 11 is 0. The zero-order chi connectivity index (χ0) is 23.5. The van der Waals surface area contributed by atoms with Gasteiger partial charge in [0.1, 0.15) is 12.6 Å². The smallest absolute Gasteiger partial charge is 0.306 e. The van der Waals surface area contributed by atoms with Crippen LogP contribution in [0.25, 0.3) is 0 Å². The number of benzene rings is 2. The van der Waals surface area contributed by atoms with Crippen LogP contribution in [0.1, 0.15) is 29.9 Å². The number of esters is 1. The number of nitrogens with one attached hydrogen (secondary N) is 1. The van der Waals surface area contributed by atoms with Gasteiger partial charge in [-0.2, -0.15) is 0 Å². The summed E-state index contributed by atoms with van der Waals surface area (Å²) in [6, 6.07) is 16.1. The summed E-state index contributed by atoms with van der Waals surface area (Å²) in [6.45, 7) is -0.144. The van der Waals surface area contributed by atoms with Crippen molar-refractivity contribution in [3.05, 3.63) is 65.7 Å². The number of para-hydroxylation sites is 1. The van der Waals surface area contributed by atoms with E-state index in [9.17, 15) is 19.2 Å². The lowest BCUT2D eigenvalue weighted by atomic mass is 9.86. The van der Waals surface area contributed by atoms with E-state index in [1.807, 2.05) is 54.6 Å². The first-order valence-corrected chi connectivity index (χ1v) is 11.0. The topological polar surface area (TPSA) is 96.0 Å². The molecule has 2 aromatic carbocycles. The van der Waals surface area contributed by atoms with Gasteiger partial charge in [-0.3, -0.25) is 19.2 Å². The SMILES string of the molecule is CN(C)C(=O)CN1C(=O)[C@H](NC(=O)[C@@H]2CCC(=O)O2)[C@@H](c2ccccc2)Cc2ccccc21. The average Bonchev–Trinajstić information content (AvgIpc) is 3.22. The standard InChI is InChI=1S/C25H27N3O5/c1-27(2)21(29)15-28-19-11-7-6-10-17(19)14-18(16-8-4-3-5-9-16)23(25(28)32)26-24(31)20-12-13-22(30)33-20/h3-11,18,20,23H,12-15H2,1-2H3,(H,26,31)/t18-,20+,23-/m1/s1. The number of hydrogen-bond acceptors (Lipinski definition) is 5. The highest BCUT2D eigenvalue weighted by atomic mass is 16.6. The van der Waals surface area contributed by atoms with Gasteiger partial charge >= 0.3 is 5.97 Å². The summed E-state index contributed by atoms with van der Waals surface area (Å²) in [6.07, 6.45) is 0.0380. The van der Waals surface area contributed by atoms with Crippen LogP contribution in [-0.2, 0) is 30.3 Å². The first-order valence-electron chi connectivity index (χ1n) is 11.0. The van der Waals surface area contributed by atoms with Crippen LogP contribution < -0.4 is 10.2 Å². The molecule has 1 fully saturated rings. The molecule has 0 radical (unpaired) electrons. The number of anilines is 1. The Bertz CT molecular complexity index is 1070. The number of hydrogen-bond donors (Lipinski definition) is 1. The zero-order valence-corrected chi connectivity index (χ0v) is 18.7. The third-order valence-electron chi connectivity index (χ3n) is 6.15. The van der Waals surface area contributed by atoms with Gasteiger partial charge in [0.05, 0.1) is 0 Å². The number of likely N-dealkylation sites (N-methyl/N-ethyl adjacent to an activating group) is 1. The Morgan fingerprint density at radius 3 is 2.42 bits per heavy atom. The molecule has 2 aliphatic heterocycles. The lowest BCUT2D eigenvalue weighted by Gasteiger charge is -2.30. The normalized spacial score (nSPS) is 22.2. The molecule has 2 aliphatic rings. The van der Waals surface area contributed by atoms with E-state index in [1.54, 1.807) is 14.1 Å². The van der Waals surface area contributed by atoms with Gasteiger partial charge in [0.25, 0.3) is 11.8 Å². The second-order valence-electron chi connectivity index (χ2n) is 8.57. The van der Waals surface area contributed by atoms with Gasteiger partial charge in [-0.15, -0.1) is 0 Å². The van der Waals surface area contributed by atoms with Crippen LogP contribution in [0.3, 0.4) is 0 Å². The average molecular weight is 450 g/mol. The van der Waals surface area contributed by atoms with Crippen molar-refractivity contribution in [2.75, 3.05) is 25.5 Å². The molecule has 2 heterocycles. The summed E-state index contributed by atoms with van der Waals surface area (Å²) in [5.41, 5.74) is 2.47. The van der Waals surface area contributed by atoms with Crippen molar-refractivity contribution in [1.82, 2.24) is 10.2 Å². The molecule has 0 bridgehead atoms. The van der Waals surface area contributed by atoms with Gasteiger partial charge < -0.3 is 19.9 Å². The van der Waals surface area contributed by atoms with Crippen molar-refractivity contribution in [3.63, 3.8) is 0 Å². The Balaban J connectivity index is 1.74. The summed E-state index contributed by atoms with van der Waals surface area (Å²) in [5, 5.41) is 2.85. The largest absolute Gasteiger partial charge is 0.452 e. The number of amides is 3. The molecule has 0 aliphatic carbocycles. The quantitative estimate of drug-likeness (QED) is 0.700. The van der Waals surface area contributed by atoms with E-state index >= 15 is 0 Å². The van der Waals surface area contributed by atoms with E-state index < -0.39 is 24.0 Å². The maximum atomic E-state index is 13.9. The molecule has 33 heavy (non-hydrogen) atoms. The molecule has 4 rings (SSSR count). The highest BCUT2D eigenvalue weighted by molar-refractivity contribution is 6.05. The van der Waals surface area contributed by atoms with Gasteiger partial charge in [-0.05, 0) is 23.6 Å². The minimum atomic E-state index is -0.929. The highest BCUT2D eigenvalue weighted by Gasteiger charge is 2.41. The third-order valence-corrected chi connectivity index (χ3v) is 6.15. The number of ether oxygens (including phenoxy) is 1.